The molecule has 0 amide bonds. The summed E-state index contributed by atoms with van der Waals surface area (Å²) >= 11 is 0. The van der Waals surface area contributed by atoms with Crippen LogP contribution in [-0.2, 0) is 10.0 Å². The van der Waals surface area contributed by atoms with Gasteiger partial charge in [-0.15, -0.1) is 0 Å². The summed E-state index contributed by atoms with van der Waals surface area (Å²) in [5.74, 6) is 0.389. The molecule has 3 N–H and O–H groups in total. The Hall–Kier alpha value is -0.210. The molecule has 118 valence electrons. The van der Waals surface area contributed by atoms with Crippen LogP contribution in [0.5, 0.6) is 0 Å². The zero-order valence-corrected chi connectivity index (χ0v) is 13.1. The minimum Gasteiger partial charge on any atom is -0.394 e. The zero-order chi connectivity index (χ0) is 14.8. The van der Waals surface area contributed by atoms with E-state index in [-0.39, 0.29) is 6.61 Å². The highest BCUT2D eigenvalue weighted by Crippen LogP contribution is 2.35. The molecular formula is C13H27N3O3S. The molecule has 20 heavy (non-hydrogen) atoms. The second-order valence-electron chi connectivity index (χ2n) is 6.27. The first-order valence-corrected chi connectivity index (χ1v) is 9.27. The van der Waals surface area contributed by atoms with Gasteiger partial charge in [0.1, 0.15) is 0 Å². The lowest BCUT2D eigenvalue weighted by Crippen LogP contribution is -2.50. The lowest BCUT2D eigenvalue weighted by atomic mass is 9.86. The van der Waals surface area contributed by atoms with Crippen molar-refractivity contribution in [2.24, 2.45) is 11.7 Å². The summed E-state index contributed by atoms with van der Waals surface area (Å²) in [6, 6.07) is 0. The van der Waals surface area contributed by atoms with Crippen LogP contribution >= 0.6 is 0 Å². The van der Waals surface area contributed by atoms with Crippen LogP contribution in [0.3, 0.4) is 0 Å². The average Bonchev–Trinajstić information content (AvgIpc) is 2.78. The number of rotatable bonds is 5. The van der Waals surface area contributed by atoms with E-state index in [0.29, 0.717) is 19.0 Å². The number of aliphatic hydroxyl groups is 1. The summed E-state index contributed by atoms with van der Waals surface area (Å²) in [4.78, 5) is 2.30. The Morgan fingerprint density at radius 3 is 2.50 bits per heavy atom. The molecule has 7 heteroatoms. The maximum Gasteiger partial charge on any atom is 0.211 e. The minimum absolute atomic E-state index is 0.0690. The Morgan fingerprint density at radius 1 is 1.30 bits per heavy atom. The molecule has 1 aliphatic carbocycles. The molecule has 1 saturated heterocycles. The fraction of sp³-hybridized carbons (Fsp3) is 1.00. The van der Waals surface area contributed by atoms with Gasteiger partial charge < -0.3 is 15.7 Å². The highest BCUT2D eigenvalue weighted by molar-refractivity contribution is 7.88. The van der Waals surface area contributed by atoms with E-state index in [4.69, 9.17) is 5.73 Å². The first-order valence-electron chi connectivity index (χ1n) is 7.42. The second-order valence-corrected chi connectivity index (χ2v) is 8.26. The van der Waals surface area contributed by atoms with Gasteiger partial charge in [0, 0.05) is 31.7 Å². The molecule has 0 spiro atoms. The van der Waals surface area contributed by atoms with Crippen molar-refractivity contribution in [1.82, 2.24) is 9.21 Å². The van der Waals surface area contributed by atoms with Gasteiger partial charge in [0.05, 0.1) is 12.9 Å². The summed E-state index contributed by atoms with van der Waals surface area (Å²) in [5, 5.41) is 9.44. The van der Waals surface area contributed by atoms with Gasteiger partial charge in [0.2, 0.25) is 10.0 Å². The van der Waals surface area contributed by atoms with Gasteiger partial charge >= 0.3 is 0 Å². The van der Waals surface area contributed by atoms with Gasteiger partial charge in [0.15, 0.2) is 0 Å². The van der Waals surface area contributed by atoms with E-state index in [1.54, 1.807) is 4.31 Å². The molecule has 2 unspecified atom stereocenters. The second kappa shape index (κ2) is 6.27. The molecule has 1 heterocycles. The van der Waals surface area contributed by atoms with E-state index in [0.717, 1.165) is 45.3 Å². The van der Waals surface area contributed by atoms with E-state index in [1.807, 2.05) is 0 Å². The summed E-state index contributed by atoms with van der Waals surface area (Å²) in [6.07, 6.45) is 5.38. The van der Waals surface area contributed by atoms with Crippen LogP contribution in [0.15, 0.2) is 0 Å². The number of nitrogens with two attached hydrogens (primary N) is 1. The fourth-order valence-electron chi connectivity index (χ4n) is 3.43. The van der Waals surface area contributed by atoms with Crippen molar-refractivity contribution in [1.29, 1.82) is 0 Å². The van der Waals surface area contributed by atoms with Crippen LogP contribution in [0, 0.1) is 5.92 Å². The monoisotopic (exact) mass is 305 g/mol. The predicted octanol–water partition coefficient (Wildman–Crippen LogP) is -0.556. The molecular weight excluding hydrogens is 278 g/mol. The Bertz CT molecular complexity index is 421. The lowest BCUT2D eigenvalue weighted by molar-refractivity contribution is 0.132. The number of hydrogen-bond acceptors (Lipinski definition) is 5. The van der Waals surface area contributed by atoms with Crippen molar-refractivity contribution in [3.05, 3.63) is 0 Å². The van der Waals surface area contributed by atoms with Crippen molar-refractivity contribution in [2.45, 2.75) is 31.2 Å². The van der Waals surface area contributed by atoms with Crippen molar-refractivity contribution < 1.29 is 13.5 Å². The molecule has 0 bridgehead atoms. The Kier molecular flexibility index (Phi) is 5.07. The highest BCUT2D eigenvalue weighted by Gasteiger charge is 2.38. The predicted molar refractivity (Wildman–Crippen MR) is 78.8 cm³/mol. The molecule has 2 atom stereocenters. The summed E-state index contributed by atoms with van der Waals surface area (Å²) < 4.78 is 24.4. The standard InChI is InChI=1S/C13H27N3O3S/c1-20(18,19)16-9-7-15(8-10-16)6-4-12-3-2-5-13(12,14)11-17/h12,17H,2-11,14H2,1H3. The Balaban J connectivity index is 1.77. The lowest BCUT2D eigenvalue weighted by Gasteiger charge is -2.35. The van der Waals surface area contributed by atoms with Crippen LogP contribution in [0.1, 0.15) is 25.7 Å². The fourth-order valence-corrected chi connectivity index (χ4v) is 4.26. The number of sulfonamides is 1. The van der Waals surface area contributed by atoms with Gasteiger partial charge in [0.25, 0.3) is 0 Å². The molecule has 1 saturated carbocycles. The van der Waals surface area contributed by atoms with Gasteiger partial charge in [-0.3, -0.25) is 0 Å². The summed E-state index contributed by atoms with van der Waals surface area (Å²) in [7, 11) is -3.05. The van der Waals surface area contributed by atoms with E-state index in [2.05, 4.69) is 4.90 Å². The van der Waals surface area contributed by atoms with Crippen molar-refractivity contribution in [3.8, 4) is 0 Å². The number of nitrogens with zero attached hydrogens (tertiary/aromatic N) is 2. The number of hydrogen-bond donors (Lipinski definition) is 2. The van der Waals surface area contributed by atoms with Crippen molar-refractivity contribution in [2.75, 3.05) is 45.6 Å². The van der Waals surface area contributed by atoms with Crippen LogP contribution in [-0.4, -0.2) is 73.9 Å². The Morgan fingerprint density at radius 2 is 1.95 bits per heavy atom. The van der Waals surface area contributed by atoms with Gasteiger partial charge in [-0.1, -0.05) is 6.42 Å². The zero-order valence-electron chi connectivity index (χ0n) is 12.3. The first-order chi connectivity index (χ1) is 9.35. The molecule has 0 radical (unpaired) electrons. The molecule has 0 aromatic heterocycles. The van der Waals surface area contributed by atoms with E-state index in [1.165, 1.54) is 6.26 Å². The largest absolute Gasteiger partial charge is 0.394 e. The smallest absolute Gasteiger partial charge is 0.211 e. The molecule has 1 aliphatic heterocycles. The molecule has 2 aliphatic rings. The van der Waals surface area contributed by atoms with Crippen LogP contribution in [0.2, 0.25) is 0 Å². The van der Waals surface area contributed by atoms with Crippen LogP contribution < -0.4 is 5.73 Å². The molecule has 2 rings (SSSR count). The third-order valence-electron chi connectivity index (χ3n) is 4.90. The van der Waals surface area contributed by atoms with E-state index < -0.39 is 15.6 Å². The van der Waals surface area contributed by atoms with Crippen LogP contribution in [0.25, 0.3) is 0 Å². The minimum atomic E-state index is -3.05. The summed E-state index contributed by atoms with van der Waals surface area (Å²) in [5.41, 5.74) is 5.85. The SMILES string of the molecule is CS(=O)(=O)N1CCN(CCC2CCCC2(N)CO)CC1. The third kappa shape index (κ3) is 3.71. The first kappa shape index (κ1) is 16.2. The summed E-state index contributed by atoms with van der Waals surface area (Å²) in [6.45, 7) is 3.75. The Labute approximate surface area is 122 Å². The molecule has 0 aromatic carbocycles. The normalized spacial score (nSPS) is 33.6. The van der Waals surface area contributed by atoms with Crippen molar-refractivity contribution >= 4 is 10.0 Å². The molecule has 0 aromatic rings. The number of aliphatic hydroxyl groups excluding tert-OH is 1. The molecule has 6 nitrogen and oxygen atoms in total. The van der Waals surface area contributed by atoms with Crippen LogP contribution in [0.4, 0.5) is 0 Å². The quantitative estimate of drug-likeness (QED) is 0.711. The van der Waals surface area contributed by atoms with Gasteiger partial charge in [-0.2, -0.15) is 4.31 Å². The van der Waals surface area contributed by atoms with E-state index in [9.17, 15) is 13.5 Å². The number of piperazine rings is 1. The van der Waals surface area contributed by atoms with E-state index >= 15 is 0 Å². The van der Waals surface area contributed by atoms with Gasteiger partial charge in [-0.25, -0.2) is 8.42 Å². The topological polar surface area (TPSA) is 86.9 Å². The maximum absolute atomic E-state index is 11.4. The van der Waals surface area contributed by atoms with Crippen molar-refractivity contribution in [3.63, 3.8) is 0 Å². The highest BCUT2D eigenvalue weighted by atomic mass is 32.2. The third-order valence-corrected chi connectivity index (χ3v) is 6.20. The van der Waals surface area contributed by atoms with Gasteiger partial charge in [-0.05, 0) is 31.7 Å². The molecule has 2 fully saturated rings. The maximum atomic E-state index is 11.4. The average molecular weight is 305 g/mol.